The van der Waals surface area contributed by atoms with E-state index in [1.165, 1.54) is 0 Å². The van der Waals surface area contributed by atoms with Crippen LogP contribution >= 0.6 is 0 Å². The first kappa shape index (κ1) is 20.8. The summed E-state index contributed by atoms with van der Waals surface area (Å²) < 4.78 is 3.39. The van der Waals surface area contributed by atoms with E-state index in [1.54, 1.807) is 21.5 Å². The second-order valence-corrected chi connectivity index (χ2v) is 8.93. The summed E-state index contributed by atoms with van der Waals surface area (Å²) in [6.45, 7) is 5.85. The Balaban J connectivity index is 1.39. The Kier molecular flexibility index (Phi) is 6.04. The van der Waals surface area contributed by atoms with Gasteiger partial charge in [-0.1, -0.05) is 0 Å². The number of nitrogens with zero attached hydrogens (tertiary/aromatic N) is 5. The van der Waals surface area contributed by atoms with Crippen molar-refractivity contribution < 1.29 is 4.79 Å². The first-order chi connectivity index (χ1) is 14.4. The van der Waals surface area contributed by atoms with E-state index >= 15 is 0 Å². The van der Waals surface area contributed by atoms with Crippen LogP contribution in [0.1, 0.15) is 56.0 Å². The van der Waals surface area contributed by atoms with Gasteiger partial charge in [0.15, 0.2) is 5.82 Å². The standard InChI is InChI=1S/C22H32N6O2/c1-15-13-16(2)27(24-15)20-10-11-21(29)28(25-20)19-8-6-18(7-9-19)23-22(30)17-5-4-12-26(3)14-17/h10-11,13,17-19H,4-9,12,14H2,1-3H3,(H,23,30). The van der Waals surface area contributed by atoms with E-state index in [4.69, 9.17) is 0 Å². The van der Waals surface area contributed by atoms with E-state index < -0.39 is 0 Å². The average Bonchev–Trinajstić information content (AvgIpc) is 3.07. The van der Waals surface area contributed by atoms with Gasteiger partial charge in [0.1, 0.15) is 0 Å². The lowest BCUT2D eigenvalue weighted by molar-refractivity contribution is -0.127. The van der Waals surface area contributed by atoms with Gasteiger partial charge in [0.25, 0.3) is 5.56 Å². The summed E-state index contributed by atoms with van der Waals surface area (Å²) >= 11 is 0. The summed E-state index contributed by atoms with van der Waals surface area (Å²) in [6, 6.07) is 5.55. The molecule has 0 aromatic carbocycles. The molecule has 2 aromatic heterocycles. The van der Waals surface area contributed by atoms with Crippen molar-refractivity contribution in [3.05, 3.63) is 39.9 Å². The van der Waals surface area contributed by atoms with Crippen LogP contribution < -0.4 is 10.9 Å². The number of carbonyl (C=O) groups excluding carboxylic acids is 1. The molecule has 2 fully saturated rings. The Morgan fingerprint density at radius 3 is 2.53 bits per heavy atom. The minimum absolute atomic E-state index is 0.0587. The van der Waals surface area contributed by atoms with E-state index in [2.05, 4.69) is 27.5 Å². The topological polar surface area (TPSA) is 85.0 Å². The third kappa shape index (κ3) is 4.48. The van der Waals surface area contributed by atoms with Crippen molar-refractivity contribution in [1.29, 1.82) is 0 Å². The fraction of sp³-hybridized carbons (Fsp3) is 0.636. The molecule has 1 saturated heterocycles. The summed E-state index contributed by atoms with van der Waals surface area (Å²) in [5.74, 6) is 0.951. The maximum Gasteiger partial charge on any atom is 0.267 e. The predicted octanol–water partition coefficient (Wildman–Crippen LogP) is 1.99. The largest absolute Gasteiger partial charge is 0.353 e. The van der Waals surface area contributed by atoms with Gasteiger partial charge < -0.3 is 10.2 Å². The third-order valence-electron chi connectivity index (χ3n) is 6.42. The highest BCUT2D eigenvalue weighted by atomic mass is 16.2. The van der Waals surface area contributed by atoms with Crippen LogP contribution in [-0.4, -0.2) is 56.5 Å². The molecule has 2 aliphatic rings. The summed E-state index contributed by atoms with van der Waals surface area (Å²) in [5, 5.41) is 12.4. The Morgan fingerprint density at radius 2 is 1.87 bits per heavy atom. The molecule has 0 spiro atoms. The first-order valence-corrected chi connectivity index (χ1v) is 11.0. The molecule has 0 bridgehead atoms. The van der Waals surface area contributed by atoms with Crippen molar-refractivity contribution in [2.45, 2.75) is 64.5 Å². The third-order valence-corrected chi connectivity index (χ3v) is 6.42. The lowest BCUT2D eigenvalue weighted by Gasteiger charge is -2.33. The predicted molar refractivity (Wildman–Crippen MR) is 115 cm³/mol. The average molecular weight is 413 g/mol. The highest BCUT2D eigenvalue weighted by Gasteiger charge is 2.29. The monoisotopic (exact) mass is 412 g/mol. The molecular weight excluding hydrogens is 380 g/mol. The number of aryl methyl sites for hydroxylation is 2. The van der Waals surface area contributed by atoms with Crippen LogP contribution in [-0.2, 0) is 4.79 Å². The number of rotatable bonds is 4. The number of piperidine rings is 1. The molecule has 1 aliphatic heterocycles. The molecule has 0 radical (unpaired) electrons. The second kappa shape index (κ2) is 8.71. The molecular formula is C22H32N6O2. The Labute approximate surface area is 177 Å². The number of amides is 1. The fourth-order valence-corrected chi connectivity index (χ4v) is 4.81. The summed E-state index contributed by atoms with van der Waals surface area (Å²) in [5.41, 5.74) is 1.83. The molecule has 4 rings (SSSR count). The molecule has 1 N–H and O–H groups in total. The minimum Gasteiger partial charge on any atom is -0.353 e. The summed E-state index contributed by atoms with van der Waals surface area (Å²) in [6.07, 6.45) is 5.48. The van der Waals surface area contributed by atoms with E-state index in [0.29, 0.717) is 5.82 Å². The van der Waals surface area contributed by atoms with Crippen molar-refractivity contribution in [1.82, 2.24) is 29.8 Å². The van der Waals surface area contributed by atoms with Gasteiger partial charge in [-0.05, 0) is 78.1 Å². The molecule has 1 atom stereocenters. The van der Waals surface area contributed by atoms with Gasteiger partial charge in [-0.25, -0.2) is 9.36 Å². The Morgan fingerprint density at radius 1 is 1.10 bits per heavy atom. The Hall–Kier alpha value is -2.48. The molecule has 2 aromatic rings. The number of aromatic nitrogens is 4. The Bertz CT molecular complexity index is 957. The number of hydrogen-bond donors (Lipinski definition) is 1. The van der Waals surface area contributed by atoms with Crippen molar-refractivity contribution in [2.24, 2.45) is 5.92 Å². The van der Waals surface area contributed by atoms with Crippen molar-refractivity contribution in [3.63, 3.8) is 0 Å². The van der Waals surface area contributed by atoms with Crippen molar-refractivity contribution in [2.75, 3.05) is 20.1 Å². The zero-order valence-corrected chi connectivity index (χ0v) is 18.2. The highest BCUT2D eigenvalue weighted by Crippen LogP contribution is 2.28. The lowest BCUT2D eigenvalue weighted by Crippen LogP contribution is -2.46. The van der Waals surface area contributed by atoms with Crippen LogP contribution in [0, 0.1) is 19.8 Å². The summed E-state index contributed by atoms with van der Waals surface area (Å²) in [4.78, 5) is 27.4. The molecule has 1 amide bonds. The van der Waals surface area contributed by atoms with Gasteiger partial charge in [0, 0.05) is 24.3 Å². The van der Waals surface area contributed by atoms with Gasteiger partial charge in [-0.2, -0.15) is 5.10 Å². The van der Waals surface area contributed by atoms with E-state index in [-0.39, 0.29) is 29.5 Å². The van der Waals surface area contributed by atoms with Crippen LogP contribution in [0.5, 0.6) is 0 Å². The van der Waals surface area contributed by atoms with E-state index in [9.17, 15) is 9.59 Å². The molecule has 30 heavy (non-hydrogen) atoms. The normalized spacial score (nSPS) is 25.2. The molecule has 1 saturated carbocycles. The van der Waals surface area contributed by atoms with E-state index in [0.717, 1.165) is 63.0 Å². The smallest absolute Gasteiger partial charge is 0.267 e. The summed E-state index contributed by atoms with van der Waals surface area (Å²) in [7, 11) is 2.08. The molecule has 1 aliphatic carbocycles. The van der Waals surface area contributed by atoms with Gasteiger partial charge in [0.05, 0.1) is 17.7 Å². The van der Waals surface area contributed by atoms with Gasteiger partial charge in [-0.15, -0.1) is 5.10 Å². The van der Waals surface area contributed by atoms with Gasteiger partial charge in [-0.3, -0.25) is 9.59 Å². The van der Waals surface area contributed by atoms with Crippen LogP contribution in [0.15, 0.2) is 23.0 Å². The second-order valence-electron chi connectivity index (χ2n) is 8.93. The number of carbonyl (C=O) groups is 1. The van der Waals surface area contributed by atoms with Crippen molar-refractivity contribution in [3.8, 4) is 5.82 Å². The fourth-order valence-electron chi connectivity index (χ4n) is 4.81. The van der Waals surface area contributed by atoms with Gasteiger partial charge >= 0.3 is 0 Å². The molecule has 162 valence electrons. The quantitative estimate of drug-likeness (QED) is 0.830. The maximum absolute atomic E-state index is 12.6. The van der Waals surface area contributed by atoms with Crippen LogP contribution in [0.4, 0.5) is 0 Å². The molecule has 3 heterocycles. The molecule has 8 nitrogen and oxygen atoms in total. The molecule has 1 unspecified atom stereocenters. The van der Waals surface area contributed by atoms with Crippen LogP contribution in [0.2, 0.25) is 0 Å². The lowest BCUT2D eigenvalue weighted by atomic mass is 9.90. The van der Waals surface area contributed by atoms with Crippen molar-refractivity contribution >= 4 is 5.91 Å². The number of likely N-dealkylation sites (tertiary alicyclic amines) is 1. The number of hydrogen-bond acceptors (Lipinski definition) is 5. The highest BCUT2D eigenvalue weighted by molar-refractivity contribution is 5.79. The van der Waals surface area contributed by atoms with Gasteiger partial charge in [0.2, 0.25) is 5.91 Å². The van der Waals surface area contributed by atoms with Crippen LogP contribution in [0.3, 0.4) is 0 Å². The molecule has 8 heteroatoms. The minimum atomic E-state index is -0.0852. The zero-order chi connectivity index (χ0) is 21.3. The van der Waals surface area contributed by atoms with E-state index in [1.807, 2.05) is 19.9 Å². The first-order valence-electron chi connectivity index (χ1n) is 11.0. The number of nitrogens with one attached hydrogen (secondary N) is 1. The SMILES string of the molecule is Cc1cc(C)n(-c2ccc(=O)n(C3CCC(NC(=O)C4CCCN(C)C4)CC3)n2)n1. The maximum atomic E-state index is 12.6. The van der Waals surface area contributed by atoms with Crippen LogP contribution in [0.25, 0.3) is 5.82 Å². The zero-order valence-electron chi connectivity index (χ0n) is 18.2.